The molecule has 0 spiro atoms. The molecule has 0 fully saturated rings. The molecule has 1 aromatic carbocycles. The van der Waals surface area contributed by atoms with Crippen LogP contribution in [0.1, 0.15) is 38.7 Å². The molecule has 0 aliphatic rings. The summed E-state index contributed by atoms with van der Waals surface area (Å²) < 4.78 is 0. The number of hydrogen-bond donors (Lipinski definition) is 7. The first-order valence-electron chi connectivity index (χ1n) is 12.4. The van der Waals surface area contributed by atoms with Gasteiger partial charge in [-0.2, -0.15) is 11.8 Å². The molecule has 0 aliphatic carbocycles. The minimum absolute atomic E-state index is 0.0507. The Morgan fingerprint density at radius 1 is 0.947 bits per heavy atom. The standard InChI is InChI=1S/C25H41N7O5S/c1-15(2)20(23(35)30-18(24(36)37)11-13-38-3)32-22(34)19(14-16-8-5-4-6-9-16)31-21(33)17(26)10-7-12-29-25(27)28/h4-6,8-9,15,17-20H,7,10-14,26H2,1-3H3,(H,30,35)(H,31,33)(H,32,34)(H,36,37)(H4,27,28,29). The van der Waals surface area contributed by atoms with E-state index in [1.54, 1.807) is 13.8 Å². The van der Waals surface area contributed by atoms with Crippen molar-refractivity contribution in [3.05, 3.63) is 35.9 Å². The second-order valence-electron chi connectivity index (χ2n) is 9.22. The van der Waals surface area contributed by atoms with E-state index in [2.05, 4.69) is 20.9 Å². The minimum Gasteiger partial charge on any atom is -0.480 e. The van der Waals surface area contributed by atoms with Gasteiger partial charge in [0.25, 0.3) is 0 Å². The van der Waals surface area contributed by atoms with Gasteiger partial charge in [-0.3, -0.25) is 19.4 Å². The Kier molecular flexibility index (Phi) is 14.8. The van der Waals surface area contributed by atoms with Crippen LogP contribution in [0.4, 0.5) is 0 Å². The van der Waals surface area contributed by atoms with E-state index in [4.69, 9.17) is 17.2 Å². The van der Waals surface area contributed by atoms with Crippen LogP contribution in [0, 0.1) is 5.92 Å². The van der Waals surface area contributed by atoms with Crippen molar-refractivity contribution in [2.24, 2.45) is 28.1 Å². The molecule has 3 amide bonds. The molecule has 10 N–H and O–H groups in total. The lowest BCUT2D eigenvalue weighted by molar-refractivity contribution is -0.142. The van der Waals surface area contributed by atoms with Gasteiger partial charge in [-0.1, -0.05) is 44.2 Å². The van der Waals surface area contributed by atoms with Gasteiger partial charge in [0.05, 0.1) is 6.04 Å². The van der Waals surface area contributed by atoms with E-state index in [1.807, 2.05) is 36.6 Å². The fourth-order valence-corrected chi connectivity index (χ4v) is 4.00. The third kappa shape index (κ3) is 12.3. The third-order valence-corrected chi connectivity index (χ3v) is 6.34. The van der Waals surface area contributed by atoms with E-state index in [1.165, 1.54) is 11.8 Å². The maximum atomic E-state index is 13.3. The van der Waals surface area contributed by atoms with E-state index >= 15 is 0 Å². The number of hydrogen-bond acceptors (Lipinski definition) is 7. The number of nitrogens with two attached hydrogens (primary N) is 3. The highest BCUT2D eigenvalue weighted by atomic mass is 32.2. The lowest BCUT2D eigenvalue weighted by Crippen LogP contribution is -2.59. The smallest absolute Gasteiger partial charge is 0.326 e. The quantitative estimate of drug-likeness (QED) is 0.0757. The van der Waals surface area contributed by atoms with Crippen LogP contribution in [0.3, 0.4) is 0 Å². The van der Waals surface area contributed by atoms with Crippen molar-refractivity contribution >= 4 is 41.4 Å². The zero-order valence-corrected chi connectivity index (χ0v) is 23.0. The summed E-state index contributed by atoms with van der Waals surface area (Å²) in [4.78, 5) is 54.6. The highest BCUT2D eigenvalue weighted by Gasteiger charge is 2.32. The first kappa shape index (κ1) is 32.7. The zero-order valence-electron chi connectivity index (χ0n) is 22.2. The van der Waals surface area contributed by atoms with Crippen LogP contribution >= 0.6 is 11.8 Å². The number of thioether (sulfide) groups is 1. The number of carbonyl (C=O) groups is 4. The summed E-state index contributed by atoms with van der Waals surface area (Å²) >= 11 is 1.47. The number of carboxylic acids is 1. The molecule has 38 heavy (non-hydrogen) atoms. The van der Waals surface area contributed by atoms with Gasteiger partial charge >= 0.3 is 5.97 Å². The number of nitrogens with zero attached hydrogens (tertiary/aromatic N) is 1. The SMILES string of the molecule is CSCCC(NC(=O)C(NC(=O)C(Cc1ccccc1)NC(=O)C(N)CCCN=C(N)N)C(C)C)C(=O)O. The molecule has 13 heteroatoms. The normalized spacial score (nSPS) is 14.0. The number of aliphatic imine (C=N–C) groups is 1. The van der Waals surface area contributed by atoms with Crippen molar-refractivity contribution in [3.8, 4) is 0 Å². The lowest BCUT2D eigenvalue weighted by Gasteiger charge is -2.27. The molecule has 4 unspecified atom stereocenters. The average Bonchev–Trinajstić information content (AvgIpc) is 2.86. The molecule has 1 rings (SSSR count). The van der Waals surface area contributed by atoms with Gasteiger partial charge in [0, 0.05) is 13.0 Å². The molecular weight excluding hydrogens is 510 g/mol. The Hall–Kier alpha value is -3.32. The largest absolute Gasteiger partial charge is 0.480 e. The molecule has 12 nitrogen and oxygen atoms in total. The van der Waals surface area contributed by atoms with Gasteiger partial charge in [0.2, 0.25) is 17.7 Å². The van der Waals surface area contributed by atoms with E-state index in [0.29, 0.717) is 25.1 Å². The van der Waals surface area contributed by atoms with Crippen molar-refractivity contribution in [1.82, 2.24) is 16.0 Å². The maximum Gasteiger partial charge on any atom is 0.326 e. The van der Waals surface area contributed by atoms with Crippen molar-refractivity contribution in [3.63, 3.8) is 0 Å². The van der Waals surface area contributed by atoms with Crippen LogP contribution in [-0.2, 0) is 25.6 Å². The van der Waals surface area contributed by atoms with E-state index in [0.717, 1.165) is 5.56 Å². The molecule has 4 atom stereocenters. The van der Waals surface area contributed by atoms with Gasteiger partial charge in [-0.25, -0.2) is 4.79 Å². The van der Waals surface area contributed by atoms with E-state index in [-0.39, 0.29) is 24.7 Å². The minimum atomic E-state index is -1.15. The number of carboxylic acid groups (broad SMARTS) is 1. The van der Waals surface area contributed by atoms with Gasteiger partial charge in [0.1, 0.15) is 18.1 Å². The Labute approximate surface area is 227 Å². The van der Waals surface area contributed by atoms with Crippen LogP contribution < -0.4 is 33.2 Å². The molecule has 0 aliphatic heterocycles. The summed E-state index contributed by atoms with van der Waals surface area (Å²) in [6, 6.07) is 5.08. The first-order chi connectivity index (χ1) is 18.0. The fraction of sp³-hybridized carbons (Fsp3) is 0.560. The number of nitrogens with one attached hydrogen (secondary N) is 3. The number of rotatable bonds is 17. The molecule has 0 radical (unpaired) electrons. The van der Waals surface area contributed by atoms with Gasteiger partial charge in [-0.05, 0) is 42.8 Å². The predicted molar refractivity (Wildman–Crippen MR) is 149 cm³/mol. The highest BCUT2D eigenvalue weighted by Crippen LogP contribution is 2.09. The monoisotopic (exact) mass is 551 g/mol. The molecule has 212 valence electrons. The summed E-state index contributed by atoms with van der Waals surface area (Å²) in [7, 11) is 0. The Morgan fingerprint density at radius 2 is 1.58 bits per heavy atom. The Balaban J connectivity index is 2.99. The lowest BCUT2D eigenvalue weighted by atomic mass is 10.00. The maximum absolute atomic E-state index is 13.3. The first-order valence-corrected chi connectivity index (χ1v) is 13.8. The second-order valence-corrected chi connectivity index (χ2v) is 10.2. The van der Waals surface area contributed by atoms with Gasteiger partial charge < -0.3 is 38.3 Å². The molecule has 0 heterocycles. The highest BCUT2D eigenvalue weighted by molar-refractivity contribution is 7.98. The Bertz CT molecular complexity index is 941. The molecule has 1 aromatic rings. The van der Waals surface area contributed by atoms with Crippen LogP contribution in [-0.4, -0.2) is 77.5 Å². The number of carbonyl (C=O) groups excluding carboxylic acids is 3. The topological polar surface area (TPSA) is 215 Å². The molecular formula is C25H41N7O5S. The van der Waals surface area contributed by atoms with Gasteiger partial charge in [0.15, 0.2) is 5.96 Å². The average molecular weight is 552 g/mol. The van der Waals surface area contributed by atoms with Crippen LogP contribution in [0.15, 0.2) is 35.3 Å². The summed E-state index contributed by atoms with van der Waals surface area (Å²) in [5.41, 5.74) is 17.4. The Morgan fingerprint density at radius 3 is 2.13 bits per heavy atom. The summed E-state index contributed by atoms with van der Waals surface area (Å²) in [5, 5.41) is 17.4. The number of benzene rings is 1. The van der Waals surface area contributed by atoms with Crippen molar-refractivity contribution in [1.29, 1.82) is 0 Å². The number of amides is 3. The van der Waals surface area contributed by atoms with E-state index < -0.39 is 47.9 Å². The molecule has 0 aromatic heterocycles. The zero-order chi connectivity index (χ0) is 28.7. The molecule has 0 bridgehead atoms. The predicted octanol–water partition coefficient (Wildman–Crippen LogP) is -0.442. The van der Waals surface area contributed by atoms with Gasteiger partial charge in [-0.15, -0.1) is 0 Å². The third-order valence-electron chi connectivity index (χ3n) is 5.69. The summed E-state index contributed by atoms with van der Waals surface area (Å²) in [5.74, 6) is -2.72. The van der Waals surface area contributed by atoms with Crippen molar-refractivity contribution in [2.45, 2.75) is 63.7 Å². The molecule has 0 saturated carbocycles. The van der Waals surface area contributed by atoms with Crippen LogP contribution in [0.5, 0.6) is 0 Å². The molecule has 0 saturated heterocycles. The van der Waals surface area contributed by atoms with Crippen molar-refractivity contribution < 1.29 is 24.3 Å². The number of aliphatic carboxylic acids is 1. The second kappa shape index (κ2) is 17.2. The number of guanidine groups is 1. The van der Waals surface area contributed by atoms with Crippen molar-refractivity contribution in [2.75, 3.05) is 18.6 Å². The summed E-state index contributed by atoms with van der Waals surface area (Å²) in [6.07, 6.45) is 3.02. The van der Waals surface area contributed by atoms with E-state index in [9.17, 15) is 24.3 Å². The fourth-order valence-electron chi connectivity index (χ4n) is 3.53. The van der Waals surface area contributed by atoms with Crippen LogP contribution in [0.25, 0.3) is 0 Å². The summed E-state index contributed by atoms with van der Waals surface area (Å²) in [6.45, 7) is 3.79. The van der Waals surface area contributed by atoms with Crippen LogP contribution in [0.2, 0.25) is 0 Å².